The number of piperidine rings is 1. The molecule has 0 atom stereocenters. The first-order valence-electron chi connectivity index (χ1n) is 5.39. The zero-order valence-corrected chi connectivity index (χ0v) is 11.8. The second kappa shape index (κ2) is 6.82. The summed E-state index contributed by atoms with van der Waals surface area (Å²) in [5.74, 6) is 0. The highest BCUT2D eigenvalue weighted by atomic mass is 35.5. The molecule has 0 aromatic carbocycles. The van der Waals surface area contributed by atoms with Crippen molar-refractivity contribution >= 4 is 35.3 Å². The van der Waals surface area contributed by atoms with Gasteiger partial charge in [-0.15, -0.1) is 23.7 Å². The first-order chi connectivity index (χ1) is 7.25. The molecule has 0 aliphatic carbocycles. The predicted molar refractivity (Wildman–Crippen MR) is 73.9 cm³/mol. The molecule has 1 aliphatic heterocycles. The normalized spacial score (nSPS) is 17.4. The van der Waals surface area contributed by atoms with E-state index < -0.39 is 0 Å². The van der Waals surface area contributed by atoms with Gasteiger partial charge in [0.05, 0.1) is 5.02 Å². The Morgan fingerprint density at radius 2 is 2.19 bits per heavy atom. The van der Waals surface area contributed by atoms with E-state index >= 15 is 0 Å². The van der Waals surface area contributed by atoms with E-state index in [9.17, 15) is 0 Å². The number of rotatable bonds is 3. The van der Waals surface area contributed by atoms with Crippen molar-refractivity contribution in [1.29, 1.82) is 0 Å². The Morgan fingerprint density at radius 1 is 1.50 bits per heavy atom. The predicted octanol–water partition coefficient (Wildman–Crippen LogP) is 3.01. The van der Waals surface area contributed by atoms with Gasteiger partial charge in [0.25, 0.3) is 0 Å². The number of hydrogen-bond donors (Lipinski definition) is 1. The molecule has 92 valence electrons. The van der Waals surface area contributed by atoms with Crippen molar-refractivity contribution in [2.24, 2.45) is 0 Å². The molecule has 0 bridgehead atoms. The van der Waals surface area contributed by atoms with Crippen molar-refractivity contribution in [2.75, 3.05) is 20.1 Å². The zero-order valence-electron chi connectivity index (χ0n) is 9.41. The van der Waals surface area contributed by atoms with Crippen molar-refractivity contribution in [3.8, 4) is 0 Å². The van der Waals surface area contributed by atoms with Crippen molar-refractivity contribution in [3.63, 3.8) is 0 Å². The maximum Gasteiger partial charge on any atom is 0.0516 e. The molecule has 1 aromatic rings. The van der Waals surface area contributed by atoms with Crippen molar-refractivity contribution in [2.45, 2.75) is 25.4 Å². The van der Waals surface area contributed by atoms with Gasteiger partial charge in [0.2, 0.25) is 0 Å². The Kier molecular flexibility index (Phi) is 6.08. The highest BCUT2D eigenvalue weighted by Gasteiger charge is 2.17. The van der Waals surface area contributed by atoms with Crippen LogP contribution in [0.5, 0.6) is 0 Å². The molecule has 0 radical (unpaired) electrons. The third-order valence-electron chi connectivity index (χ3n) is 2.96. The summed E-state index contributed by atoms with van der Waals surface area (Å²) in [5, 5.41) is 6.27. The third kappa shape index (κ3) is 3.90. The highest BCUT2D eigenvalue weighted by Crippen LogP contribution is 2.22. The van der Waals surface area contributed by atoms with E-state index in [4.69, 9.17) is 11.6 Å². The summed E-state index contributed by atoms with van der Waals surface area (Å²) in [5.41, 5.74) is 0. The molecular formula is C11H18Cl2N2S. The molecule has 2 heterocycles. The van der Waals surface area contributed by atoms with Crippen LogP contribution < -0.4 is 5.32 Å². The molecule has 0 spiro atoms. The molecule has 1 aliphatic rings. The van der Waals surface area contributed by atoms with E-state index in [2.05, 4.69) is 23.3 Å². The first kappa shape index (κ1) is 14.3. The quantitative estimate of drug-likeness (QED) is 0.916. The standard InChI is InChI=1S/C11H17ClN2S.ClH/c1-14(10-2-4-13-5-3-10)7-11-6-9(12)8-15-11;/h6,8,10,13H,2-5,7H2,1H3;1H. The lowest BCUT2D eigenvalue weighted by atomic mass is 10.1. The van der Waals surface area contributed by atoms with Gasteiger partial charge in [0.1, 0.15) is 0 Å². The van der Waals surface area contributed by atoms with Crippen LogP contribution in [0.4, 0.5) is 0 Å². The number of thiophene rings is 1. The van der Waals surface area contributed by atoms with Crippen LogP contribution in [-0.2, 0) is 6.54 Å². The van der Waals surface area contributed by atoms with Gasteiger partial charge < -0.3 is 5.32 Å². The van der Waals surface area contributed by atoms with Crippen LogP contribution in [0, 0.1) is 0 Å². The van der Waals surface area contributed by atoms with E-state index in [1.165, 1.54) is 17.7 Å². The summed E-state index contributed by atoms with van der Waals surface area (Å²) in [7, 11) is 2.21. The van der Waals surface area contributed by atoms with Crippen molar-refractivity contribution < 1.29 is 0 Å². The summed E-state index contributed by atoms with van der Waals surface area (Å²) in [6.07, 6.45) is 2.52. The Labute approximate surface area is 112 Å². The highest BCUT2D eigenvalue weighted by molar-refractivity contribution is 7.10. The largest absolute Gasteiger partial charge is 0.317 e. The smallest absolute Gasteiger partial charge is 0.0516 e. The van der Waals surface area contributed by atoms with Gasteiger partial charge in [0, 0.05) is 22.8 Å². The molecule has 0 amide bonds. The lowest BCUT2D eigenvalue weighted by molar-refractivity contribution is 0.193. The fraction of sp³-hybridized carbons (Fsp3) is 0.636. The Balaban J connectivity index is 0.00000128. The van der Waals surface area contributed by atoms with Crippen LogP contribution >= 0.6 is 35.3 Å². The Bertz CT molecular complexity index is 311. The maximum atomic E-state index is 5.91. The second-order valence-electron chi connectivity index (χ2n) is 4.13. The van der Waals surface area contributed by atoms with E-state index in [1.807, 2.05) is 5.38 Å². The fourth-order valence-corrected chi connectivity index (χ4v) is 3.19. The molecule has 2 nitrogen and oxygen atoms in total. The van der Waals surface area contributed by atoms with E-state index in [1.54, 1.807) is 11.3 Å². The lowest BCUT2D eigenvalue weighted by Gasteiger charge is -2.31. The van der Waals surface area contributed by atoms with Gasteiger partial charge in [0.15, 0.2) is 0 Å². The topological polar surface area (TPSA) is 15.3 Å². The lowest BCUT2D eigenvalue weighted by Crippen LogP contribution is -2.40. The molecule has 2 rings (SSSR count). The van der Waals surface area contributed by atoms with Crippen LogP contribution in [0.15, 0.2) is 11.4 Å². The molecule has 1 saturated heterocycles. The number of nitrogens with one attached hydrogen (secondary N) is 1. The van der Waals surface area contributed by atoms with Crippen molar-refractivity contribution in [3.05, 3.63) is 21.3 Å². The average Bonchev–Trinajstić information content (AvgIpc) is 2.65. The van der Waals surface area contributed by atoms with Crippen LogP contribution in [-0.4, -0.2) is 31.1 Å². The molecule has 1 aromatic heterocycles. The average molecular weight is 281 g/mol. The third-order valence-corrected chi connectivity index (χ3v) is 4.23. The molecular weight excluding hydrogens is 263 g/mol. The zero-order chi connectivity index (χ0) is 10.7. The van der Waals surface area contributed by atoms with E-state index in [0.717, 1.165) is 30.7 Å². The molecule has 5 heteroatoms. The maximum absolute atomic E-state index is 5.91. The number of halogens is 2. The second-order valence-corrected chi connectivity index (χ2v) is 5.56. The van der Waals surface area contributed by atoms with Gasteiger partial charge in [-0.05, 0) is 39.0 Å². The monoisotopic (exact) mass is 280 g/mol. The number of hydrogen-bond acceptors (Lipinski definition) is 3. The minimum atomic E-state index is 0. The SMILES string of the molecule is CN(Cc1cc(Cl)cs1)C1CCNCC1.Cl. The summed E-state index contributed by atoms with van der Waals surface area (Å²) >= 11 is 7.66. The Hall–Kier alpha value is 0.200. The van der Waals surface area contributed by atoms with Crippen LogP contribution in [0.1, 0.15) is 17.7 Å². The summed E-state index contributed by atoms with van der Waals surface area (Å²) < 4.78 is 0. The molecule has 0 saturated carbocycles. The molecule has 16 heavy (non-hydrogen) atoms. The van der Waals surface area contributed by atoms with E-state index in [-0.39, 0.29) is 12.4 Å². The van der Waals surface area contributed by atoms with Crippen LogP contribution in [0.2, 0.25) is 5.02 Å². The van der Waals surface area contributed by atoms with Crippen LogP contribution in [0.3, 0.4) is 0 Å². The van der Waals surface area contributed by atoms with Gasteiger partial charge in [-0.3, -0.25) is 4.90 Å². The number of nitrogens with zero attached hydrogens (tertiary/aromatic N) is 1. The summed E-state index contributed by atoms with van der Waals surface area (Å²) in [6, 6.07) is 2.80. The van der Waals surface area contributed by atoms with Gasteiger partial charge in [-0.1, -0.05) is 11.6 Å². The minimum Gasteiger partial charge on any atom is -0.317 e. The van der Waals surface area contributed by atoms with Gasteiger partial charge in [-0.2, -0.15) is 0 Å². The van der Waals surface area contributed by atoms with Gasteiger partial charge >= 0.3 is 0 Å². The summed E-state index contributed by atoms with van der Waals surface area (Å²) in [4.78, 5) is 3.81. The Morgan fingerprint density at radius 3 is 2.75 bits per heavy atom. The van der Waals surface area contributed by atoms with Crippen LogP contribution in [0.25, 0.3) is 0 Å². The van der Waals surface area contributed by atoms with Gasteiger partial charge in [-0.25, -0.2) is 0 Å². The minimum absolute atomic E-state index is 0. The van der Waals surface area contributed by atoms with E-state index in [0.29, 0.717) is 0 Å². The van der Waals surface area contributed by atoms with Crippen molar-refractivity contribution in [1.82, 2.24) is 10.2 Å². The molecule has 1 N–H and O–H groups in total. The first-order valence-corrected chi connectivity index (χ1v) is 6.65. The molecule has 0 unspecified atom stereocenters. The fourth-order valence-electron chi connectivity index (χ4n) is 2.06. The molecule has 1 fully saturated rings. The summed E-state index contributed by atoms with van der Waals surface area (Å²) in [6.45, 7) is 3.34.